The summed E-state index contributed by atoms with van der Waals surface area (Å²) in [6, 6.07) is 6.21. The number of hydrogen-bond acceptors (Lipinski definition) is 2. The molecule has 1 aromatic rings. The summed E-state index contributed by atoms with van der Waals surface area (Å²) >= 11 is 6.37. The molecule has 1 heterocycles. The van der Waals surface area contributed by atoms with E-state index in [1.807, 2.05) is 6.07 Å². The summed E-state index contributed by atoms with van der Waals surface area (Å²) in [5.41, 5.74) is 1.66. The van der Waals surface area contributed by atoms with E-state index in [1.165, 1.54) is 18.4 Å². The van der Waals surface area contributed by atoms with Gasteiger partial charge in [0.1, 0.15) is 0 Å². The van der Waals surface area contributed by atoms with E-state index in [9.17, 15) is 0 Å². The summed E-state index contributed by atoms with van der Waals surface area (Å²) in [7, 11) is -0.323. The zero-order valence-corrected chi connectivity index (χ0v) is 12.8. The van der Waals surface area contributed by atoms with Crippen molar-refractivity contribution in [2.75, 3.05) is 0 Å². The molecule has 19 heavy (non-hydrogen) atoms. The van der Waals surface area contributed by atoms with E-state index >= 15 is 0 Å². The van der Waals surface area contributed by atoms with Crippen LogP contribution in [0.1, 0.15) is 52.0 Å². The van der Waals surface area contributed by atoms with Crippen LogP contribution in [0.4, 0.5) is 0 Å². The molecular weight excluding hydrogens is 258 g/mol. The lowest BCUT2D eigenvalue weighted by Gasteiger charge is -2.32. The van der Waals surface area contributed by atoms with E-state index in [1.54, 1.807) is 0 Å². The van der Waals surface area contributed by atoms with Crippen molar-refractivity contribution in [1.82, 2.24) is 0 Å². The quantitative estimate of drug-likeness (QED) is 0.771. The van der Waals surface area contributed by atoms with Gasteiger partial charge < -0.3 is 9.31 Å². The lowest BCUT2D eigenvalue weighted by molar-refractivity contribution is 0.00578. The van der Waals surface area contributed by atoms with Crippen LogP contribution in [0.15, 0.2) is 18.2 Å². The van der Waals surface area contributed by atoms with Crippen LogP contribution in [-0.4, -0.2) is 18.3 Å². The maximum absolute atomic E-state index is 6.37. The van der Waals surface area contributed by atoms with Gasteiger partial charge in [-0.2, -0.15) is 0 Å². The van der Waals surface area contributed by atoms with E-state index in [2.05, 4.69) is 39.8 Å². The highest BCUT2D eigenvalue weighted by molar-refractivity contribution is 6.62. The molecule has 0 radical (unpaired) electrons. The fourth-order valence-electron chi connectivity index (χ4n) is 2.39. The molecule has 1 aliphatic carbocycles. The van der Waals surface area contributed by atoms with Crippen LogP contribution >= 0.6 is 11.6 Å². The van der Waals surface area contributed by atoms with Gasteiger partial charge in [-0.3, -0.25) is 0 Å². The lowest BCUT2D eigenvalue weighted by atomic mass is 9.78. The Kier molecular flexibility index (Phi) is 3.01. The minimum Gasteiger partial charge on any atom is -0.399 e. The molecular formula is C15H20BClO2. The molecule has 2 nitrogen and oxygen atoms in total. The molecule has 0 amide bonds. The Hall–Kier alpha value is -0.505. The van der Waals surface area contributed by atoms with Gasteiger partial charge in [-0.05, 0) is 63.5 Å². The van der Waals surface area contributed by atoms with Crippen LogP contribution in [0, 0.1) is 0 Å². The molecule has 0 N–H and O–H groups in total. The van der Waals surface area contributed by atoms with Crippen molar-refractivity contribution >= 4 is 24.2 Å². The molecule has 2 fully saturated rings. The molecule has 2 aliphatic rings. The third kappa shape index (κ3) is 2.33. The second-order valence-corrected chi connectivity index (χ2v) is 7.05. The van der Waals surface area contributed by atoms with Crippen molar-refractivity contribution in [2.24, 2.45) is 0 Å². The summed E-state index contributed by atoms with van der Waals surface area (Å²) in [4.78, 5) is 0. The third-order valence-corrected chi connectivity index (χ3v) is 4.89. The van der Waals surface area contributed by atoms with E-state index in [-0.39, 0.29) is 18.3 Å². The van der Waals surface area contributed by atoms with Crippen molar-refractivity contribution in [1.29, 1.82) is 0 Å². The average molecular weight is 279 g/mol. The summed E-state index contributed by atoms with van der Waals surface area (Å²) in [6.45, 7) is 8.25. The first-order valence-corrected chi connectivity index (χ1v) is 7.33. The topological polar surface area (TPSA) is 18.5 Å². The lowest BCUT2D eigenvalue weighted by Crippen LogP contribution is -2.41. The van der Waals surface area contributed by atoms with Crippen molar-refractivity contribution in [3.8, 4) is 0 Å². The molecule has 4 heteroatoms. The predicted octanol–water partition coefficient (Wildman–Crippen LogP) is 3.52. The van der Waals surface area contributed by atoms with E-state index in [0.29, 0.717) is 5.92 Å². The first-order chi connectivity index (χ1) is 8.80. The SMILES string of the molecule is CC1(C)OB(c2ccc(C3CC3)c(Cl)c2)OC1(C)C. The van der Waals surface area contributed by atoms with Crippen molar-refractivity contribution in [3.05, 3.63) is 28.8 Å². The van der Waals surface area contributed by atoms with Crippen LogP contribution < -0.4 is 5.46 Å². The maximum atomic E-state index is 6.37. The molecule has 1 aromatic carbocycles. The fourth-order valence-corrected chi connectivity index (χ4v) is 2.74. The van der Waals surface area contributed by atoms with Crippen LogP contribution in [0.2, 0.25) is 5.02 Å². The Bertz CT molecular complexity index is 493. The maximum Gasteiger partial charge on any atom is 0.494 e. The Balaban J connectivity index is 1.86. The highest BCUT2D eigenvalue weighted by Gasteiger charge is 2.51. The molecule has 3 rings (SSSR count). The number of hydrogen-bond donors (Lipinski definition) is 0. The van der Waals surface area contributed by atoms with Gasteiger partial charge >= 0.3 is 7.12 Å². The summed E-state index contributed by atoms with van der Waals surface area (Å²) in [5, 5.41) is 0.842. The summed E-state index contributed by atoms with van der Waals surface area (Å²) in [5.74, 6) is 0.667. The predicted molar refractivity (Wildman–Crippen MR) is 79.1 cm³/mol. The first-order valence-electron chi connectivity index (χ1n) is 6.95. The monoisotopic (exact) mass is 278 g/mol. The Morgan fingerprint density at radius 1 is 1.11 bits per heavy atom. The summed E-state index contributed by atoms with van der Waals surface area (Å²) in [6.07, 6.45) is 2.52. The zero-order chi connectivity index (χ0) is 13.8. The van der Waals surface area contributed by atoms with Gasteiger partial charge in [0, 0.05) is 5.02 Å². The van der Waals surface area contributed by atoms with Gasteiger partial charge in [0.05, 0.1) is 11.2 Å². The molecule has 1 aliphatic heterocycles. The highest BCUT2D eigenvalue weighted by Crippen LogP contribution is 2.43. The Morgan fingerprint density at radius 3 is 2.16 bits per heavy atom. The van der Waals surface area contributed by atoms with Gasteiger partial charge in [0.15, 0.2) is 0 Å². The molecule has 0 spiro atoms. The first kappa shape index (κ1) is 13.5. The van der Waals surface area contributed by atoms with Crippen molar-refractivity contribution < 1.29 is 9.31 Å². The third-order valence-electron chi connectivity index (χ3n) is 4.57. The van der Waals surface area contributed by atoms with Gasteiger partial charge in [-0.1, -0.05) is 23.7 Å². The van der Waals surface area contributed by atoms with Gasteiger partial charge in [0.25, 0.3) is 0 Å². The van der Waals surface area contributed by atoms with Crippen LogP contribution in [0.25, 0.3) is 0 Å². The van der Waals surface area contributed by atoms with Gasteiger partial charge in [0.2, 0.25) is 0 Å². The number of halogens is 1. The standard InChI is InChI=1S/C15H20BClO2/c1-14(2)15(3,4)19-16(18-14)11-7-8-12(10-5-6-10)13(17)9-11/h7-10H,5-6H2,1-4H3. The molecule has 102 valence electrons. The van der Waals surface area contributed by atoms with E-state index in [4.69, 9.17) is 20.9 Å². The second-order valence-electron chi connectivity index (χ2n) is 6.64. The number of rotatable bonds is 2. The minimum atomic E-state index is -0.323. The fraction of sp³-hybridized carbons (Fsp3) is 0.600. The average Bonchev–Trinajstić information content (AvgIpc) is 3.07. The van der Waals surface area contributed by atoms with Crippen LogP contribution in [-0.2, 0) is 9.31 Å². The molecule has 0 bridgehead atoms. The van der Waals surface area contributed by atoms with Crippen molar-refractivity contribution in [3.63, 3.8) is 0 Å². The van der Waals surface area contributed by atoms with Gasteiger partial charge in [-0.25, -0.2) is 0 Å². The second kappa shape index (κ2) is 4.24. The zero-order valence-electron chi connectivity index (χ0n) is 12.0. The number of benzene rings is 1. The minimum absolute atomic E-state index is 0.306. The Morgan fingerprint density at radius 2 is 1.68 bits per heavy atom. The molecule has 1 saturated carbocycles. The Labute approximate surface area is 120 Å². The molecule has 0 atom stereocenters. The van der Waals surface area contributed by atoms with E-state index in [0.717, 1.165) is 10.5 Å². The van der Waals surface area contributed by atoms with Crippen LogP contribution in [0.5, 0.6) is 0 Å². The molecule has 0 unspecified atom stereocenters. The van der Waals surface area contributed by atoms with E-state index < -0.39 is 0 Å². The normalized spacial score (nSPS) is 24.8. The largest absolute Gasteiger partial charge is 0.494 e. The smallest absolute Gasteiger partial charge is 0.399 e. The summed E-state index contributed by atoms with van der Waals surface area (Å²) < 4.78 is 12.1. The van der Waals surface area contributed by atoms with Crippen molar-refractivity contribution in [2.45, 2.75) is 57.7 Å². The highest BCUT2D eigenvalue weighted by atomic mass is 35.5. The molecule has 0 aromatic heterocycles. The molecule has 1 saturated heterocycles. The van der Waals surface area contributed by atoms with Crippen LogP contribution in [0.3, 0.4) is 0 Å². The van der Waals surface area contributed by atoms with Gasteiger partial charge in [-0.15, -0.1) is 0 Å².